The molecule has 31 heavy (non-hydrogen) atoms. The van der Waals surface area contributed by atoms with Gasteiger partial charge in [-0.2, -0.15) is 0 Å². The topological polar surface area (TPSA) is 156 Å². The van der Waals surface area contributed by atoms with E-state index in [4.69, 9.17) is 52.2 Å². The standard InChI is InChI=1S/C16H14Cl3N5O5S2/c17-16(18,19)14(22-13(25)11-3-1-2-4-12(11)24(26)27)23-15(30)21-9-5-7-10(8-6-9)31(20,28)29/h1-8,14H,(H,22,25)(H2,20,28,29)(H2,21,23,30). The number of sulfonamides is 1. The number of amides is 1. The third kappa shape index (κ3) is 7.16. The van der Waals surface area contributed by atoms with Crippen LogP contribution < -0.4 is 21.1 Å². The predicted octanol–water partition coefficient (Wildman–Crippen LogP) is 2.65. The lowest BCUT2D eigenvalue weighted by atomic mass is 10.1. The highest BCUT2D eigenvalue weighted by atomic mass is 35.6. The number of rotatable bonds is 6. The second-order valence-corrected chi connectivity index (χ2v) is 10.2. The number of hydrogen-bond donors (Lipinski definition) is 4. The Balaban J connectivity index is 2.14. The number of benzene rings is 2. The fourth-order valence-corrected chi connectivity index (χ4v) is 3.34. The second kappa shape index (κ2) is 9.94. The van der Waals surface area contributed by atoms with Crippen LogP contribution in [0.5, 0.6) is 0 Å². The molecule has 0 fully saturated rings. The molecule has 1 unspecified atom stereocenters. The molecule has 1 atom stereocenters. The first-order valence-corrected chi connectivity index (χ1v) is 11.2. The summed E-state index contributed by atoms with van der Waals surface area (Å²) in [6.07, 6.45) is -1.38. The predicted molar refractivity (Wildman–Crippen MR) is 122 cm³/mol. The zero-order valence-corrected chi connectivity index (χ0v) is 19.1. The van der Waals surface area contributed by atoms with Gasteiger partial charge in [-0.1, -0.05) is 46.9 Å². The maximum Gasteiger partial charge on any atom is 0.282 e. The number of carbonyl (C=O) groups is 1. The first-order valence-electron chi connectivity index (χ1n) is 8.10. The van der Waals surface area contributed by atoms with Gasteiger partial charge in [0.2, 0.25) is 13.8 Å². The number of nitro benzene ring substituents is 1. The monoisotopic (exact) mass is 525 g/mol. The van der Waals surface area contributed by atoms with Crippen LogP contribution >= 0.6 is 47.0 Å². The van der Waals surface area contributed by atoms with Gasteiger partial charge >= 0.3 is 0 Å². The Bertz CT molecular complexity index is 1110. The average Bonchev–Trinajstić information content (AvgIpc) is 2.66. The van der Waals surface area contributed by atoms with Gasteiger partial charge < -0.3 is 16.0 Å². The van der Waals surface area contributed by atoms with E-state index >= 15 is 0 Å². The van der Waals surface area contributed by atoms with Crippen molar-refractivity contribution < 1.29 is 18.1 Å². The lowest BCUT2D eigenvalue weighted by Gasteiger charge is -2.27. The number of primary sulfonamides is 1. The zero-order valence-electron chi connectivity index (χ0n) is 15.2. The van der Waals surface area contributed by atoms with Crippen LogP contribution in [0.3, 0.4) is 0 Å². The van der Waals surface area contributed by atoms with Crippen molar-refractivity contribution >= 4 is 79.4 Å². The average molecular weight is 527 g/mol. The maximum atomic E-state index is 12.5. The summed E-state index contributed by atoms with van der Waals surface area (Å²) in [5.41, 5.74) is -0.303. The minimum atomic E-state index is -3.86. The lowest BCUT2D eigenvalue weighted by molar-refractivity contribution is -0.385. The number of para-hydroxylation sites is 1. The Morgan fingerprint density at radius 1 is 1.10 bits per heavy atom. The highest BCUT2D eigenvalue weighted by Crippen LogP contribution is 2.30. The highest BCUT2D eigenvalue weighted by Gasteiger charge is 2.36. The SMILES string of the molecule is NS(=O)(=O)c1ccc(NC(=S)NC(NC(=O)c2ccccc2[N+](=O)[O-])C(Cl)(Cl)Cl)cc1. The molecule has 0 radical (unpaired) electrons. The van der Waals surface area contributed by atoms with E-state index in [9.17, 15) is 23.3 Å². The number of nitrogens with one attached hydrogen (secondary N) is 3. The molecule has 0 saturated carbocycles. The third-order valence-electron chi connectivity index (χ3n) is 3.66. The Labute approximate surface area is 197 Å². The molecule has 0 bridgehead atoms. The number of nitro groups is 1. The summed E-state index contributed by atoms with van der Waals surface area (Å²) in [4.78, 5) is 22.8. The van der Waals surface area contributed by atoms with Crippen LogP contribution in [0, 0.1) is 10.1 Å². The summed E-state index contributed by atoms with van der Waals surface area (Å²) in [5, 5.41) is 23.7. The van der Waals surface area contributed by atoms with Crippen molar-refractivity contribution in [3.05, 3.63) is 64.2 Å². The summed E-state index contributed by atoms with van der Waals surface area (Å²) in [7, 11) is -3.86. The van der Waals surface area contributed by atoms with E-state index < -0.39 is 36.5 Å². The number of hydrogen-bond acceptors (Lipinski definition) is 6. The van der Waals surface area contributed by atoms with E-state index in [1.807, 2.05) is 0 Å². The Morgan fingerprint density at radius 3 is 2.19 bits per heavy atom. The first kappa shape index (κ1) is 25.0. The number of alkyl halides is 3. The van der Waals surface area contributed by atoms with Crippen LogP contribution in [-0.4, -0.2) is 34.3 Å². The summed E-state index contributed by atoms with van der Waals surface area (Å²) in [6.45, 7) is 0. The molecule has 10 nitrogen and oxygen atoms in total. The summed E-state index contributed by atoms with van der Waals surface area (Å²) >= 11 is 22.8. The van der Waals surface area contributed by atoms with Gasteiger partial charge in [-0.15, -0.1) is 0 Å². The first-order chi connectivity index (χ1) is 14.3. The molecule has 0 aromatic heterocycles. The molecule has 0 heterocycles. The van der Waals surface area contributed by atoms with Crippen LogP contribution in [0.15, 0.2) is 53.4 Å². The third-order valence-corrected chi connectivity index (χ3v) is 5.47. The quantitative estimate of drug-likeness (QED) is 0.147. The number of halogens is 3. The molecule has 0 saturated heterocycles. The molecule has 2 rings (SSSR count). The van der Waals surface area contributed by atoms with E-state index in [1.165, 1.54) is 42.5 Å². The van der Waals surface area contributed by atoms with Crippen molar-refractivity contribution in [2.75, 3.05) is 5.32 Å². The van der Waals surface area contributed by atoms with E-state index in [0.717, 1.165) is 6.07 Å². The molecule has 0 aliphatic heterocycles. The van der Waals surface area contributed by atoms with Crippen LogP contribution in [0.4, 0.5) is 11.4 Å². The van der Waals surface area contributed by atoms with E-state index in [2.05, 4.69) is 16.0 Å². The van der Waals surface area contributed by atoms with Crippen molar-refractivity contribution in [3.63, 3.8) is 0 Å². The summed E-state index contributed by atoms with van der Waals surface area (Å²) < 4.78 is 20.5. The van der Waals surface area contributed by atoms with Crippen LogP contribution in [0.2, 0.25) is 0 Å². The van der Waals surface area contributed by atoms with Crippen molar-refractivity contribution in [3.8, 4) is 0 Å². The second-order valence-electron chi connectivity index (χ2n) is 5.89. The lowest BCUT2D eigenvalue weighted by Crippen LogP contribution is -2.56. The number of carbonyl (C=O) groups excluding carboxylic acids is 1. The normalized spacial score (nSPS) is 12.5. The Hall–Kier alpha value is -2.22. The van der Waals surface area contributed by atoms with Crippen molar-refractivity contribution in [1.82, 2.24) is 10.6 Å². The van der Waals surface area contributed by atoms with E-state index in [1.54, 1.807) is 0 Å². The molecular formula is C16H14Cl3N5O5S2. The number of anilines is 1. The van der Waals surface area contributed by atoms with Crippen LogP contribution in [0.25, 0.3) is 0 Å². The zero-order chi connectivity index (χ0) is 23.4. The molecule has 2 aromatic carbocycles. The minimum absolute atomic E-state index is 0.0949. The van der Waals surface area contributed by atoms with Gasteiger partial charge in [-0.3, -0.25) is 14.9 Å². The Kier molecular flexibility index (Phi) is 8.03. The van der Waals surface area contributed by atoms with Gasteiger partial charge in [-0.05, 0) is 42.5 Å². The van der Waals surface area contributed by atoms with Gasteiger partial charge in [-0.25, -0.2) is 13.6 Å². The molecule has 0 aliphatic carbocycles. The smallest absolute Gasteiger partial charge is 0.282 e. The molecule has 0 aliphatic rings. The van der Waals surface area contributed by atoms with E-state index in [0.29, 0.717) is 5.69 Å². The van der Waals surface area contributed by atoms with Crippen molar-refractivity contribution in [2.45, 2.75) is 14.9 Å². The number of nitrogens with zero attached hydrogens (tertiary/aromatic N) is 1. The van der Waals surface area contributed by atoms with Crippen molar-refractivity contribution in [2.24, 2.45) is 5.14 Å². The molecule has 2 aromatic rings. The largest absolute Gasteiger partial charge is 0.339 e. The van der Waals surface area contributed by atoms with Gasteiger partial charge in [0.25, 0.3) is 11.6 Å². The molecular weight excluding hydrogens is 513 g/mol. The van der Waals surface area contributed by atoms with Gasteiger partial charge in [0, 0.05) is 11.8 Å². The van der Waals surface area contributed by atoms with E-state index in [-0.39, 0.29) is 15.6 Å². The van der Waals surface area contributed by atoms with Crippen LogP contribution in [-0.2, 0) is 10.0 Å². The van der Waals surface area contributed by atoms with Gasteiger partial charge in [0.1, 0.15) is 11.7 Å². The summed E-state index contributed by atoms with van der Waals surface area (Å²) in [5.74, 6) is -0.878. The minimum Gasteiger partial charge on any atom is -0.339 e. The van der Waals surface area contributed by atoms with Gasteiger partial charge in [0.05, 0.1) is 9.82 Å². The molecule has 1 amide bonds. The maximum absolute atomic E-state index is 12.5. The number of nitrogens with two attached hydrogens (primary N) is 1. The van der Waals surface area contributed by atoms with Crippen LogP contribution in [0.1, 0.15) is 10.4 Å². The highest BCUT2D eigenvalue weighted by molar-refractivity contribution is 7.89. The van der Waals surface area contributed by atoms with Crippen molar-refractivity contribution in [1.29, 1.82) is 0 Å². The summed E-state index contributed by atoms with van der Waals surface area (Å²) in [6, 6.07) is 10.5. The Morgan fingerprint density at radius 2 is 1.68 bits per heavy atom. The molecule has 5 N–H and O–H groups in total. The molecule has 0 spiro atoms. The van der Waals surface area contributed by atoms with Gasteiger partial charge in [0.15, 0.2) is 5.11 Å². The molecule has 15 heteroatoms. The fourth-order valence-electron chi connectivity index (χ4n) is 2.26. The fraction of sp³-hybridized carbons (Fsp3) is 0.125. The number of thiocarbonyl (C=S) groups is 1. The molecule has 166 valence electrons.